The van der Waals surface area contributed by atoms with Crippen molar-refractivity contribution in [3.05, 3.63) is 0 Å². The molecule has 1 fully saturated rings. The fourth-order valence-electron chi connectivity index (χ4n) is 0.624. The third kappa shape index (κ3) is 0.940. The number of nitrogens with zero attached hydrogens (tertiary/aromatic N) is 1. The van der Waals surface area contributed by atoms with Crippen LogP contribution in [0, 0.1) is 0 Å². The van der Waals surface area contributed by atoms with Gasteiger partial charge in [-0.15, -0.1) is 0 Å². The predicted molar refractivity (Wildman–Crippen MR) is 30.3 cm³/mol. The van der Waals surface area contributed by atoms with Gasteiger partial charge in [-0.25, -0.2) is 9.29 Å². The summed E-state index contributed by atoms with van der Waals surface area (Å²) in [7, 11) is 1.64. The average Bonchev–Trinajstić information content (AvgIpc) is 1.98. The zero-order valence-corrected chi connectivity index (χ0v) is 5.32. The van der Waals surface area contributed by atoms with Crippen molar-refractivity contribution in [2.24, 2.45) is 0 Å². The van der Waals surface area contributed by atoms with Gasteiger partial charge >= 0.3 is 0 Å². The van der Waals surface area contributed by atoms with Crippen LogP contribution in [0.3, 0.4) is 0 Å². The van der Waals surface area contributed by atoms with E-state index in [0.717, 1.165) is 0 Å². The molecule has 0 aromatic rings. The Kier molecular flexibility index (Phi) is 1.70. The zero-order chi connectivity index (χ0) is 6.15. The van der Waals surface area contributed by atoms with Crippen LogP contribution in [-0.4, -0.2) is 30.4 Å². The molecule has 0 saturated carbocycles. The van der Waals surface area contributed by atoms with Crippen LogP contribution in [0.1, 0.15) is 0 Å². The normalized spacial score (nSPS) is 40.9. The van der Waals surface area contributed by atoms with Crippen molar-refractivity contribution in [3.63, 3.8) is 0 Å². The first kappa shape index (κ1) is 6.26. The van der Waals surface area contributed by atoms with Gasteiger partial charge in [-0.2, -0.15) is 0 Å². The first-order valence-corrected chi connectivity index (χ1v) is 2.89. The summed E-state index contributed by atoms with van der Waals surface area (Å²) in [6, 6.07) is 0. The van der Waals surface area contributed by atoms with Crippen LogP contribution >= 0.6 is 11.6 Å². The minimum atomic E-state index is -0.919. The van der Waals surface area contributed by atoms with Crippen LogP contribution in [0.2, 0.25) is 0 Å². The Labute approximate surface area is 52.6 Å². The minimum absolute atomic E-state index is 0.329. The minimum Gasteiger partial charge on any atom is -0.285 e. The maximum atomic E-state index is 12.3. The molecule has 2 unspecified atom stereocenters. The van der Waals surface area contributed by atoms with Crippen LogP contribution in [0.25, 0.3) is 0 Å². The van der Waals surface area contributed by atoms with Gasteiger partial charge in [-0.1, -0.05) is 11.6 Å². The lowest BCUT2D eigenvalue weighted by Gasteiger charge is -2.12. The Balaban J connectivity index is 2.44. The summed E-state index contributed by atoms with van der Waals surface area (Å²) in [6.45, 7) is 0.338. The van der Waals surface area contributed by atoms with Gasteiger partial charge in [-0.05, 0) is 7.05 Å². The third-order valence-corrected chi connectivity index (χ3v) is 1.72. The molecule has 2 nitrogen and oxygen atoms in total. The Morgan fingerprint density at radius 1 is 1.88 bits per heavy atom. The number of nitrogens with one attached hydrogen (secondary N) is 1. The second kappa shape index (κ2) is 2.17. The fourth-order valence-corrected chi connectivity index (χ4v) is 0.836. The molecule has 0 radical (unpaired) electrons. The molecule has 8 heavy (non-hydrogen) atoms. The fraction of sp³-hybridized carbons (Fsp3) is 1.00. The van der Waals surface area contributed by atoms with E-state index in [9.17, 15) is 4.39 Å². The molecule has 4 heteroatoms. The molecule has 1 heterocycles. The van der Waals surface area contributed by atoms with Gasteiger partial charge in [0.25, 0.3) is 0 Å². The molecule has 0 aromatic carbocycles. The molecule has 1 aliphatic heterocycles. The number of hydrogen-bond donors (Lipinski definition) is 1. The van der Waals surface area contributed by atoms with E-state index in [2.05, 4.69) is 5.32 Å². The zero-order valence-electron chi connectivity index (χ0n) is 4.56. The number of alkyl halides is 2. The van der Waals surface area contributed by atoms with Crippen LogP contribution in [0.4, 0.5) is 4.39 Å². The SMILES string of the molecule is CN1C(F)CNC1Cl. The van der Waals surface area contributed by atoms with Crippen molar-refractivity contribution in [2.75, 3.05) is 13.6 Å². The molecule has 1 saturated heterocycles. The molecule has 0 bridgehead atoms. The Hall–Kier alpha value is 0.140. The average molecular weight is 139 g/mol. The Morgan fingerprint density at radius 3 is 2.62 bits per heavy atom. The first-order valence-electron chi connectivity index (χ1n) is 2.45. The van der Waals surface area contributed by atoms with E-state index >= 15 is 0 Å². The summed E-state index contributed by atoms with van der Waals surface area (Å²) in [5.74, 6) is 0. The number of likely N-dealkylation sites (N-methyl/N-ethyl adjacent to an activating group) is 1. The summed E-state index contributed by atoms with van der Waals surface area (Å²) in [5, 5.41) is 2.74. The lowest BCUT2D eigenvalue weighted by Crippen LogP contribution is -2.28. The van der Waals surface area contributed by atoms with Gasteiger partial charge in [-0.3, -0.25) is 5.32 Å². The molecule has 0 spiro atoms. The Morgan fingerprint density at radius 2 is 2.50 bits per heavy atom. The highest BCUT2D eigenvalue weighted by atomic mass is 35.5. The first-order chi connectivity index (χ1) is 3.72. The molecule has 1 aliphatic rings. The second-order valence-electron chi connectivity index (χ2n) is 1.84. The maximum absolute atomic E-state index is 12.3. The molecule has 1 rings (SSSR count). The Bertz CT molecular complexity index is 80.1. The lowest BCUT2D eigenvalue weighted by atomic mass is 10.6. The summed E-state index contributed by atoms with van der Waals surface area (Å²) in [4.78, 5) is 1.43. The summed E-state index contributed by atoms with van der Waals surface area (Å²) in [5.41, 5.74) is -0.329. The van der Waals surface area contributed by atoms with Gasteiger partial charge in [0.15, 0.2) is 6.30 Å². The highest BCUT2D eigenvalue weighted by Gasteiger charge is 2.27. The topological polar surface area (TPSA) is 15.3 Å². The lowest BCUT2D eigenvalue weighted by molar-refractivity contribution is 0.156. The van der Waals surface area contributed by atoms with Crippen molar-refractivity contribution in [3.8, 4) is 0 Å². The van der Waals surface area contributed by atoms with Gasteiger partial charge in [0.05, 0.1) is 0 Å². The van der Waals surface area contributed by atoms with Crippen molar-refractivity contribution in [1.82, 2.24) is 10.2 Å². The van der Waals surface area contributed by atoms with Crippen molar-refractivity contribution >= 4 is 11.6 Å². The molecule has 48 valence electrons. The van der Waals surface area contributed by atoms with Crippen LogP contribution in [-0.2, 0) is 0 Å². The number of halogens is 2. The van der Waals surface area contributed by atoms with Gasteiger partial charge in [0, 0.05) is 6.54 Å². The number of hydrogen-bond acceptors (Lipinski definition) is 2. The summed E-state index contributed by atoms with van der Waals surface area (Å²) >= 11 is 5.53. The van der Waals surface area contributed by atoms with E-state index in [-0.39, 0.29) is 5.62 Å². The van der Waals surface area contributed by atoms with E-state index < -0.39 is 6.30 Å². The van der Waals surface area contributed by atoms with E-state index in [4.69, 9.17) is 11.6 Å². The largest absolute Gasteiger partial charge is 0.285 e. The third-order valence-electron chi connectivity index (χ3n) is 1.25. The van der Waals surface area contributed by atoms with E-state index in [1.54, 1.807) is 7.05 Å². The molecular formula is C4H8ClFN2. The highest BCUT2D eigenvalue weighted by molar-refractivity contribution is 6.20. The summed E-state index contributed by atoms with van der Waals surface area (Å²) < 4.78 is 12.3. The predicted octanol–water partition coefficient (Wildman–Crippen LogP) is 0.339. The molecule has 1 N–H and O–H groups in total. The van der Waals surface area contributed by atoms with Crippen LogP contribution in [0.15, 0.2) is 0 Å². The molecular weight excluding hydrogens is 131 g/mol. The summed E-state index contributed by atoms with van der Waals surface area (Å²) in [6.07, 6.45) is -0.919. The van der Waals surface area contributed by atoms with E-state index in [0.29, 0.717) is 6.54 Å². The van der Waals surface area contributed by atoms with E-state index in [1.165, 1.54) is 4.90 Å². The monoisotopic (exact) mass is 138 g/mol. The van der Waals surface area contributed by atoms with Gasteiger partial charge in [0.1, 0.15) is 5.62 Å². The van der Waals surface area contributed by atoms with Crippen molar-refractivity contribution in [2.45, 2.75) is 11.9 Å². The smallest absolute Gasteiger partial charge is 0.168 e. The van der Waals surface area contributed by atoms with Crippen LogP contribution in [0.5, 0.6) is 0 Å². The van der Waals surface area contributed by atoms with E-state index in [1.807, 2.05) is 0 Å². The molecule has 0 amide bonds. The van der Waals surface area contributed by atoms with Crippen LogP contribution < -0.4 is 5.32 Å². The molecule has 0 aliphatic carbocycles. The van der Waals surface area contributed by atoms with Gasteiger partial charge < -0.3 is 0 Å². The van der Waals surface area contributed by atoms with Crippen molar-refractivity contribution in [1.29, 1.82) is 0 Å². The highest BCUT2D eigenvalue weighted by Crippen LogP contribution is 2.11. The quantitative estimate of drug-likeness (QED) is 0.384. The number of rotatable bonds is 0. The second-order valence-corrected chi connectivity index (χ2v) is 2.26. The maximum Gasteiger partial charge on any atom is 0.168 e. The molecule has 2 atom stereocenters. The van der Waals surface area contributed by atoms with Gasteiger partial charge in [0.2, 0.25) is 0 Å². The standard InChI is InChI=1S/C4H8ClFN2/c1-8-3(6)2-7-4(8)5/h3-4,7H,2H2,1H3. The van der Waals surface area contributed by atoms with Crippen molar-refractivity contribution < 1.29 is 4.39 Å². The molecule has 0 aromatic heterocycles.